The smallest absolute Gasteiger partial charge is 0.335 e. The Bertz CT molecular complexity index is 482. The lowest BCUT2D eigenvalue weighted by atomic mass is 10.1. The number of carbonyl (C=O) groups excluding carboxylic acids is 1. The molecule has 0 amide bonds. The van der Waals surface area contributed by atoms with E-state index in [-0.39, 0.29) is 18.2 Å². The van der Waals surface area contributed by atoms with Crippen molar-refractivity contribution in [2.75, 3.05) is 19.8 Å². The summed E-state index contributed by atoms with van der Waals surface area (Å²) < 4.78 is 21.5. The summed E-state index contributed by atoms with van der Waals surface area (Å²) in [5.41, 5.74) is 0.980. The van der Waals surface area contributed by atoms with E-state index in [0.29, 0.717) is 19.6 Å². The summed E-state index contributed by atoms with van der Waals surface area (Å²) in [6.07, 6.45) is 0.0525. The van der Waals surface area contributed by atoms with Crippen molar-refractivity contribution in [3.63, 3.8) is 0 Å². The predicted molar refractivity (Wildman–Crippen MR) is 82.0 cm³/mol. The highest BCUT2D eigenvalue weighted by molar-refractivity contribution is 5.75. The molecule has 122 valence electrons. The monoisotopic (exact) mass is 308 g/mol. The molecule has 22 heavy (non-hydrogen) atoms. The highest BCUT2D eigenvalue weighted by Crippen LogP contribution is 2.19. The van der Waals surface area contributed by atoms with Gasteiger partial charge in [-0.15, -0.1) is 0 Å². The summed E-state index contributed by atoms with van der Waals surface area (Å²) in [5, 5.41) is 0. The van der Waals surface area contributed by atoms with E-state index in [1.54, 1.807) is 6.92 Å². The second kappa shape index (κ2) is 8.15. The Labute approximate surface area is 131 Å². The van der Waals surface area contributed by atoms with E-state index in [4.69, 9.17) is 18.9 Å². The van der Waals surface area contributed by atoms with Gasteiger partial charge >= 0.3 is 5.97 Å². The largest absolute Gasteiger partial charge is 0.491 e. The minimum Gasteiger partial charge on any atom is -0.491 e. The molecule has 0 aliphatic carbocycles. The van der Waals surface area contributed by atoms with Crippen molar-refractivity contribution in [3.05, 3.63) is 29.8 Å². The topological polar surface area (TPSA) is 57.3 Å². The third-order valence-corrected chi connectivity index (χ3v) is 3.14. The van der Waals surface area contributed by atoms with Crippen LogP contribution in [0.15, 0.2) is 24.3 Å². The van der Waals surface area contributed by atoms with Crippen molar-refractivity contribution in [2.24, 2.45) is 0 Å². The molecule has 5 heteroatoms. The van der Waals surface area contributed by atoms with Gasteiger partial charge in [0.2, 0.25) is 0 Å². The van der Waals surface area contributed by atoms with Crippen LogP contribution in [-0.4, -0.2) is 44.1 Å². The fourth-order valence-electron chi connectivity index (χ4n) is 2.08. The molecule has 0 radical (unpaired) electrons. The van der Waals surface area contributed by atoms with E-state index in [2.05, 4.69) is 0 Å². The van der Waals surface area contributed by atoms with Crippen LogP contribution in [0.25, 0.3) is 0 Å². The Kier molecular flexibility index (Phi) is 6.21. The number of rotatable bonds is 9. The summed E-state index contributed by atoms with van der Waals surface area (Å²) in [6, 6.07) is 7.69. The standard InChI is InChI=1S/C17H24O5/c1-4-19-17(18)16(22-12(2)3)9-13-6-5-7-14(8-13)20-10-15-11-21-15/h5-8,12,15-16H,4,9-11H2,1-3H3/t15-,16-/m1/s1. The average Bonchev–Trinajstić information content (AvgIpc) is 3.29. The van der Waals surface area contributed by atoms with Gasteiger partial charge in [-0.3, -0.25) is 0 Å². The average molecular weight is 308 g/mol. The number of hydrogen-bond acceptors (Lipinski definition) is 5. The molecular weight excluding hydrogens is 284 g/mol. The Morgan fingerprint density at radius 2 is 2.18 bits per heavy atom. The van der Waals surface area contributed by atoms with E-state index >= 15 is 0 Å². The number of carbonyl (C=O) groups is 1. The van der Waals surface area contributed by atoms with E-state index in [0.717, 1.165) is 17.9 Å². The highest BCUT2D eigenvalue weighted by atomic mass is 16.6. The van der Waals surface area contributed by atoms with Crippen molar-refractivity contribution >= 4 is 5.97 Å². The third-order valence-electron chi connectivity index (χ3n) is 3.14. The Morgan fingerprint density at radius 3 is 2.82 bits per heavy atom. The summed E-state index contributed by atoms with van der Waals surface area (Å²) in [4.78, 5) is 12.0. The molecule has 0 aromatic heterocycles. The van der Waals surface area contributed by atoms with Gasteiger partial charge in [0.1, 0.15) is 18.5 Å². The van der Waals surface area contributed by atoms with Crippen LogP contribution in [0, 0.1) is 0 Å². The van der Waals surface area contributed by atoms with Crippen molar-refractivity contribution < 1.29 is 23.7 Å². The zero-order valence-electron chi connectivity index (χ0n) is 13.4. The van der Waals surface area contributed by atoms with E-state index in [9.17, 15) is 4.79 Å². The number of epoxide rings is 1. The molecule has 1 fully saturated rings. The van der Waals surface area contributed by atoms with Crippen LogP contribution in [-0.2, 0) is 25.4 Å². The van der Waals surface area contributed by atoms with Crippen molar-refractivity contribution in [1.29, 1.82) is 0 Å². The lowest BCUT2D eigenvalue weighted by Gasteiger charge is -2.19. The van der Waals surface area contributed by atoms with Crippen LogP contribution in [0.5, 0.6) is 5.75 Å². The van der Waals surface area contributed by atoms with Gasteiger partial charge in [0.15, 0.2) is 6.10 Å². The van der Waals surface area contributed by atoms with E-state index < -0.39 is 6.10 Å². The minimum absolute atomic E-state index is 0.0409. The van der Waals surface area contributed by atoms with Crippen LogP contribution in [0.2, 0.25) is 0 Å². The van der Waals surface area contributed by atoms with Gasteiger partial charge in [-0.2, -0.15) is 0 Å². The van der Waals surface area contributed by atoms with Crippen molar-refractivity contribution in [1.82, 2.24) is 0 Å². The molecule has 0 bridgehead atoms. The van der Waals surface area contributed by atoms with Gasteiger partial charge < -0.3 is 18.9 Å². The van der Waals surface area contributed by atoms with Crippen LogP contribution in [0.3, 0.4) is 0 Å². The molecule has 0 N–H and O–H groups in total. The highest BCUT2D eigenvalue weighted by Gasteiger charge is 2.24. The van der Waals surface area contributed by atoms with Crippen LogP contribution < -0.4 is 4.74 Å². The molecule has 1 aliphatic heterocycles. The number of esters is 1. The quantitative estimate of drug-likeness (QED) is 0.518. The van der Waals surface area contributed by atoms with Gasteiger partial charge in [0.25, 0.3) is 0 Å². The SMILES string of the molecule is CCOC(=O)[C@@H](Cc1cccc(OC[C@@H]2CO2)c1)OC(C)C. The maximum atomic E-state index is 12.0. The second-order valence-electron chi connectivity index (χ2n) is 5.54. The van der Waals surface area contributed by atoms with Gasteiger partial charge in [0.05, 0.1) is 19.3 Å². The van der Waals surface area contributed by atoms with Crippen LogP contribution in [0.1, 0.15) is 26.3 Å². The normalized spacial score (nSPS) is 18.1. The summed E-state index contributed by atoms with van der Waals surface area (Å²) in [6.45, 7) is 7.28. The van der Waals surface area contributed by atoms with Gasteiger partial charge in [-0.1, -0.05) is 12.1 Å². The van der Waals surface area contributed by atoms with Crippen molar-refractivity contribution in [2.45, 2.75) is 45.5 Å². The zero-order chi connectivity index (χ0) is 15.9. The zero-order valence-corrected chi connectivity index (χ0v) is 13.4. The molecule has 1 aromatic rings. The lowest BCUT2D eigenvalue weighted by Crippen LogP contribution is -2.31. The molecule has 0 unspecified atom stereocenters. The van der Waals surface area contributed by atoms with Gasteiger partial charge in [-0.25, -0.2) is 4.79 Å². The Hall–Kier alpha value is -1.59. The first-order valence-corrected chi connectivity index (χ1v) is 7.74. The maximum absolute atomic E-state index is 12.0. The molecule has 1 heterocycles. The Morgan fingerprint density at radius 1 is 1.41 bits per heavy atom. The van der Waals surface area contributed by atoms with E-state index in [1.807, 2.05) is 38.1 Å². The fourth-order valence-corrected chi connectivity index (χ4v) is 2.08. The predicted octanol–water partition coefficient (Wildman–Crippen LogP) is 2.36. The number of benzene rings is 1. The van der Waals surface area contributed by atoms with Crippen LogP contribution >= 0.6 is 0 Å². The Balaban J connectivity index is 1.97. The number of ether oxygens (including phenoxy) is 4. The summed E-state index contributed by atoms with van der Waals surface area (Å²) in [7, 11) is 0. The fraction of sp³-hybridized carbons (Fsp3) is 0.588. The molecule has 2 atom stereocenters. The molecule has 5 nitrogen and oxygen atoms in total. The summed E-state index contributed by atoms with van der Waals surface area (Å²) in [5.74, 6) is 0.453. The minimum atomic E-state index is -0.595. The first-order chi connectivity index (χ1) is 10.6. The second-order valence-corrected chi connectivity index (χ2v) is 5.54. The molecule has 1 aliphatic rings. The molecule has 2 rings (SSSR count). The number of hydrogen-bond donors (Lipinski definition) is 0. The van der Waals surface area contributed by atoms with Crippen molar-refractivity contribution in [3.8, 4) is 5.75 Å². The molecular formula is C17H24O5. The molecule has 1 saturated heterocycles. The summed E-state index contributed by atoms with van der Waals surface area (Å²) >= 11 is 0. The first kappa shape index (κ1) is 16.8. The first-order valence-electron chi connectivity index (χ1n) is 7.74. The van der Waals surface area contributed by atoms with Gasteiger partial charge in [0, 0.05) is 6.42 Å². The van der Waals surface area contributed by atoms with Crippen LogP contribution in [0.4, 0.5) is 0 Å². The van der Waals surface area contributed by atoms with Gasteiger partial charge in [-0.05, 0) is 38.5 Å². The maximum Gasteiger partial charge on any atom is 0.335 e. The lowest BCUT2D eigenvalue weighted by molar-refractivity contribution is -0.159. The molecule has 1 aromatic carbocycles. The third kappa shape index (κ3) is 5.66. The molecule has 0 spiro atoms. The van der Waals surface area contributed by atoms with E-state index in [1.165, 1.54) is 0 Å². The molecule has 0 saturated carbocycles.